The van der Waals surface area contributed by atoms with Gasteiger partial charge < -0.3 is 15.3 Å². The van der Waals surface area contributed by atoms with E-state index in [0.29, 0.717) is 0 Å². The number of hydrogen-bond acceptors (Lipinski definition) is 3. The van der Waals surface area contributed by atoms with Gasteiger partial charge in [-0.25, -0.2) is 0 Å². The molecule has 0 aromatic carbocycles. The van der Waals surface area contributed by atoms with Gasteiger partial charge in [0.2, 0.25) is 0 Å². The highest BCUT2D eigenvalue weighted by Crippen LogP contribution is 1.90. The molecule has 5 nitrogen and oxygen atoms in total. The lowest BCUT2D eigenvalue weighted by atomic mass is 10.8. The first-order valence-electron chi connectivity index (χ1n) is 2.52. The Bertz CT molecular complexity index is 160. The van der Waals surface area contributed by atoms with E-state index in [2.05, 4.69) is 0 Å². The predicted molar refractivity (Wildman–Crippen MR) is 33.4 cm³/mol. The maximum absolute atomic E-state index is 9.90. The number of aliphatic carboxylic acids is 2. The molecule has 0 heterocycles. The van der Waals surface area contributed by atoms with Crippen LogP contribution in [0.4, 0.5) is 0 Å². The quantitative estimate of drug-likeness (QED) is 0.505. The summed E-state index contributed by atoms with van der Waals surface area (Å²) >= 11 is 0. The molecule has 0 saturated carbocycles. The highest BCUT2D eigenvalue weighted by atomic mass is 28.2. The summed E-state index contributed by atoms with van der Waals surface area (Å²) in [4.78, 5) is 19.8. The van der Waals surface area contributed by atoms with Gasteiger partial charge in [-0.15, -0.1) is 0 Å². The molecule has 0 aromatic rings. The van der Waals surface area contributed by atoms with E-state index in [9.17, 15) is 9.59 Å². The fourth-order valence-corrected chi connectivity index (χ4v) is 1.28. The topological polar surface area (TPSA) is 98.5 Å². The second-order valence-electron chi connectivity index (χ2n) is 1.74. The van der Waals surface area contributed by atoms with Crippen molar-refractivity contribution in [3.8, 4) is 0 Å². The number of carbonyl (C=O) groups is 2. The molecule has 0 unspecified atom stereocenters. The van der Waals surface area contributed by atoms with Gasteiger partial charge in [0.15, 0.2) is 0 Å². The highest BCUT2D eigenvalue weighted by Gasteiger charge is 2.08. The van der Waals surface area contributed by atoms with Gasteiger partial charge in [0.25, 0.3) is 0 Å². The van der Waals surface area contributed by atoms with Gasteiger partial charge >= 0.3 is 11.9 Å². The lowest BCUT2D eigenvalue weighted by Crippen LogP contribution is -2.10. The summed E-state index contributed by atoms with van der Waals surface area (Å²) in [5, 5.41) is 23.2. The van der Waals surface area contributed by atoms with Crippen molar-refractivity contribution >= 4 is 20.5 Å². The molecule has 0 radical (unpaired) electrons. The lowest BCUT2D eigenvalue weighted by Gasteiger charge is -1.91. The Hall–Kier alpha value is -1.04. The number of nitrogens with one attached hydrogen (secondary N) is 1. The summed E-state index contributed by atoms with van der Waals surface area (Å²) in [6.45, 7) is 0. The van der Waals surface area contributed by atoms with Gasteiger partial charge in [0.1, 0.15) is 8.59 Å². The minimum atomic E-state index is -1.94. The van der Waals surface area contributed by atoms with E-state index in [-0.39, 0.29) is 12.1 Å². The summed E-state index contributed by atoms with van der Waals surface area (Å²) in [7, 11) is -1.94. The minimum Gasteiger partial charge on any atom is -0.481 e. The number of carboxylic acids is 2. The summed E-state index contributed by atoms with van der Waals surface area (Å²) in [5.74, 6) is -2.18. The average molecular weight is 161 g/mol. The van der Waals surface area contributed by atoms with E-state index in [1.807, 2.05) is 0 Å². The van der Waals surface area contributed by atoms with E-state index in [0.717, 1.165) is 0 Å². The van der Waals surface area contributed by atoms with Crippen LogP contribution in [0.5, 0.6) is 0 Å². The Morgan fingerprint density at radius 1 is 1.20 bits per heavy atom. The Morgan fingerprint density at radius 2 is 1.50 bits per heavy atom. The summed E-state index contributed by atoms with van der Waals surface area (Å²) in [6, 6.07) is -0.617. The Kier molecular flexibility index (Phi) is 3.48. The van der Waals surface area contributed by atoms with E-state index >= 15 is 0 Å². The highest BCUT2D eigenvalue weighted by molar-refractivity contribution is 6.52. The maximum atomic E-state index is 9.90. The van der Waals surface area contributed by atoms with Gasteiger partial charge in [-0.05, 0) is 0 Å². The van der Waals surface area contributed by atoms with Crippen LogP contribution in [0.2, 0.25) is 12.1 Å². The van der Waals surface area contributed by atoms with Crippen molar-refractivity contribution in [2.75, 3.05) is 0 Å². The van der Waals surface area contributed by atoms with Crippen LogP contribution in [0.15, 0.2) is 0 Å². The minimum absolute atomic E-state index is 0.309. The lowest BCUT2D eigenvalue weighted by molar-refractivity contribution is -0.134. The molecular weight excluding hydrogens is 154 g/mol. The molecular formula is C4H7NO4Si. The molecule has 0 spiro atoms. The molecule has 10 heavy (non-hydrogen) atoms. The molecule has 0 bridgehead atoms. The average Bonchev–Trinajstić information content (AvgIpc) is 1.58. The third-order valence-electron chi connectivity index (χ3n) is 0.729. The van der Waals surface area contributed by atoms with Crippen LogP contribution in [0, 0.1) is 5.05 Å². The third-order valence-corrected chi connectivity index (χ3v) is 2.19. The Morgan fingerprint density at radius 3 is 1.70 bits per heavy atom. The standard InChI is InChI=1S/C4H7NO4Si/c5-10(1-3(6)7)2-4(8)9/h5H,1-2H2,(H,6,7)(H,8,9). The van der Waals surface area contributed by atoms with Gasteiger partial charge in [0, 0.05) is 0 Å². The van der Waals surface area contributed by atoms with E-state index < -0.39 is 20.5 Å². The Balaban J connectivity index is 3.65. The fourth-order valence-electron chi connectivity index (χ4n) is 0.428. The zero-order valence-electron chi connectivity index (χ0n) is 5.13. The van der Waals surface area contributed by atoms with Crippen molar-refractivity contribution in [1.82, 2.24) is 0 Å². The molecule has 0 saturated heterocycles. The second-order valence-corrected chi connectivity index (χ2v) is 3.66. The largest absolute Gasteiger partial charge is 0.481 e. The molecule has 0 amide bonds. The maximum Gasteiger partial charge on any atom is 0.305 e. The zero-order chi connectivity index (χ0) is 8.15. The first-order chi connectivity index (χ1) is 4.52. The van der Waals surface area contributed by atoms with E-state index in [1.54, 1.807) is 0 Å². The van der Waals surface area contributed by atoms with Gasteiger partial charge in [-0.2, -0.15) is 0 Å². The van der Waals surface area contributed by atoms with Crippen LogP contribution >= 0.6 is 0 Å². The smallest absolute Gasteiger partial charge is 0.305 e. The molecule has 0 fully saturated rings. The fraction of sp³-hybridized carbons (Fsp3) is 0.500. The number of hydrogen-bond donors (Lipinski definition) is 3. The van der Waals surface area contributed by atoms with Crippen LogP contribution in [-0.4, -0.2) is 30.7 Å². The van der Waals surface area contributed by atoms with Crippen LogP contribution in [0.25, 0.3) is 0 Å². The molecule has 0 aliphatic carbocycles. The molecule has 0 aliphatic heterocycles. The molecule has 0 rings (SSSR count). The molecule has 3 N–H and O–H groups in total. The normalized spacial score (nSPS) is 8.80. The van der Waals surface area contributed by atoms with Crippen molar-refractivity contribution in [1.29, 1.82) is 5.05 Å². The number of rotatable bonds is 4. The second kappa shape index (κ2) is 3.88. The van der Waals surface area contributed by atoms with Crippen molar-refractivity contribution in [2.45, 2.75) is 12.1 Å². The van der Waals surface area contributed by atoms with Crippen molar-refractivity contribution in [3.05, 3.63) is 0 Å². The summed E-state index contributed by atoms with van der Waals surface area (Å²) in [6.07, 6.45) is 0. The zero-order valence-corrected chi connectivity index (χ0v) is 6.13. The van der Waals surface area contributed by atoms with Gasteiger partial charge in [-0.1, -0.05) is 0 Å². The summed E-state index contributed by atoms with van der Waals surface area (Å²) in [5.41, 5.74) is 0. The molecule has 0 aliphatic rings. The SMILES string of the molecule is N=[Si](CC(=O)O)CC(=O)O. The van der Waals surface area contributed by atoms with Crippen molar-refractivity contribution in [2.24, 2.45) is 0 Å². The van der Waals surface area contributed by atoms with Crippen LogP contribution in [0.3, 0.4) is 0 Å². The first-order valence-corrected chi connectivity index (χ1v) is 4.43. The monoisotopic (exact) mass is 161 g/mol. The Labute approximate surface area is 58.4 Å². The van der Waals surface area contributed by atoms with Crippen molar-refractivity contribution in [3.63, 3.8) is 0 Å². The third kappa shape index (κ3) is 5.10. The molecule has 56 valence electrons. The summed E-state index contributed by atoms with van der Waals surface area (Å²) < 4.78 is 0. The first kappa shape index (κ1) is 8.96. The van der Waals surface area contributed by atoms with E-state index in [4.69, 9.17) is 15.3 Å². The van der Waals surface area contributed by atoms with Crippen LogP contribution < -0.4 is 0 Å². The number of carboxylic acid groups (broad SMARTS) is 2. The molecule has 0 atom stereocenters. The van der Waals surface area contributed by atoms with Crippen LogP contribution in [0.1, 0.15) is 0 Å². The van der Waals surface area contributed by atoms with Crippen molar-refractivity contribution < 1.29 is 19.8 Å². The van der Waals surface area contributed by atoms with E-state index in [1.165, 1.54) is 0 Å². The van der Waals surface area contributed by atoms with Gasteiger partial charge in [-0.3, -0.25) is 9.59 Å². The molecule has 6 heteroatoms. The molecule has 0 aromatic heterocycles. The van der Waals surface area contributed by atoms with Gasteiger partial charge in [0.05, 0.1) is 12.1 Å². The predicted octanol–water partition coefficient (Wildman–Crippen LogP) is -0.00553. The van der Waals surface area contributed by atoms with Crippen LogP contribution in [-0.2, 0) is 9.59 Å².